The molecule has 1 fully saturated rings. The van der Waals surface area contributed by atoms with Crippen molar-refractivity contribution >= 4 is 0 Å². The van der Waals surface area contributed by atoms with Crippen molar-refractivity contribution in [1.29, 1.82) is 0 Å². The van der Waals surface area contributed by atoms with Gasteiger partial charge in [0, 0.05) is 22.9 Å². The number of rotatable bonds is 4. The van der Waals surface area contributed by atoms with Gasteiger partial charge in [-0.05, 0) is 13.3 Å². The lowest BCUT2D eigenvalue weighted by Crippen LogP contribution is -2.51. The molecule has 22 heavy (non-hydrogen) atoms. The number of hydrogen-bond acceptors (Lipinski definition) is 7. The van der Waals surface area contributed by atoms with E-state index < -0.39 is 40.8 Å². The van der Waals surface area contributed by atoms with E-state index in [1.165, 1.54) is 13.1 Å². The lowest BCUT2D eigenvalue weighted by Gasteiger charge is -2.30. The molecule has 0 bridgehead atoms. The van der Waals surface area contributed by atoms with Gasteiger partial charge in [-0.15, -0.1) is 0 Å². The summed E-state index contributed by atoms with van der Waals surface area (Å²) in [6.07, 6.45) is -0.545. The molecule has 10 heteroatoms. The van der Waals surface area contributed by atoms with Gasteiger partial charge in [0.15, 0.2) is 10.8 Å². The summed E-state index contributed by atoms with van der Waals surface area (Å²) in [6, 6.07) is 0. The van der Waals surface area contributed by atoms with Gasteiger partial charge in [0.25, 0.3) is 0 Å². The molecule has 0 saturated carbocycles. The Labute approximate surface area is 124 Å². The van der Waals surface area contributed by atoms with Crippen LogP contribution in [0.4, 0.5) is 0 Å². The molecule has 0 aromatic carbocycles. The molecule has 2 N–H and O–H groups in total. The molecule has 0 amide bonds. The molecule has 1 aromatic rings. The number of aryl methyl sites for hydroxylation is 1. The minimum atomic E-state index is -1.35. The first kappa shape index (κ1) is 16.3. The van der Waals surface area contributed by atoms with Crippen molar-refractivity contribution in [1.82, 2.24) is 9.24 Å². The third kappa shape index (κ3) is 2.34. The van der Waals surface area contributed by atoms with Gasteiger partial charge in [0.05, 0.1) is 12.7 Å². The van der Waals surface area contributed by atoms with Gasteiger partial charge in [-0.3, -0.25) is 9.36 Å². The maximum absolute atomic E-state index is 12.3. The molecule has 1 aromatic heterocycles. The molecule has 122 valence electrons. The van der Waals surface area contributed by atoms with E-state index in [4.69, 9.17) is 4.74 Å². The van der Waals surface area contributed by atoms with E-state index in [9.17, 15) is 29.9 Å². The van der Waals surface area contributed by atoms with Crippen molar-refractivity contribution < 1.29 is 20.0 Å². The van der Waals surface area contributed by atoms with Crippen LogP contribution in [0.2, 0.25) is 0 Å². The van der Waals surface area contributed by atoms with Crippen molar-refractivity contribution in [3.05, 3.63) is 42.7 Å². The van der Waals surface area contributed by atoms with E-state index in [-0.39, 0.29) is 23.1 Å². The Kier molecular flexibility index (Phi) is 4.18. The Bertz CT molecular complexity index is 710. The first-order valence-electron chi connectivity index (χ1n) is 6.74. The third-order valence-electron chi connectivity index (χ3n) is 3.90. The van der Waals surface area contributed by atoms with Gasteiger partial charge >= 0.3 is 11.2 Å². The normalized spacial score (nSPS) is 28.0. The number of hydrogen-bond donors (Lipinski definition) is 2. The Balaban J connectivity index is 2.69. The highest BCUT2D eigenvalue weighted by atomic mass is 16.7. The first-order chi connectivity index (χ1) is 10.3. The maximum Gasteiger partial charge on any atom is 0.394 e. The summed E-state index contributed by atoms with van der Waals surface area (Å²) in [6.45, 7) is 2.57. The van der Waals surface area contributed by atoms with Crippen LogP contribution in [0.15, 0.2) is 15.8 Å². The van der Waals surface area contributed by atoms with Gasteiger partial charge in [-0.2, -0.15) is 0 Å². The van der Waals surface area contributed by atoms with Gasteiger partial charge in [0.1, 0.15) is 6.10 Å². The highest BCUT2D eigenvalue weighted by Crippen LogP contribution is 2.36. The predicted octanol–water partition coefficient (Wildman–Crippen LogP) is -1.44. The highest BCUT2D eigenvalue weighted by molar-refractivity contribution is 5.05. The van der Waals surface area contributed by atoms with Crippen LogP contribution < -0.4 is 11.2 Å². The predicted molar refractivity (Wildman–Crippen MR) is 72.9 cm³/mol. The fourth-order valence-electron chi connectivity index (χ4n) is 2.67. The number of aliphatic hydroxyl groups excluding tert-OH is 2. The van der Waals surface area contributed by atoms with Crippen molar-refractivity contribution in [2.45, 2.75) is 44.6 Å². The number of aliphatic hydroxyl groups is 2. The molecule has 3 atom stereocenters. The molecular weight excluding hydrogens is 298 g/mol. The van der Waals surface area contributed by atoms with Crippen molar-refractivity contribution in [2.75, 3.05) is 6.61 Å². The molecule has 10 nitrogen and oxygen atoms in total. The zero-order valence-electron chi connectivity index (χ0n) is 12.1. The molecule has 2 rings (SSSR count). The zero-order valence-corrected chi connectivity index (χ0v) is 12.1. The number of nitro groups is 1. The second-order valence-electron chi connectivity index (χ2n) is 5.23. The molecule has 1 saturated heterocycles. The molecule has 1 unspecified atom stereocenters. The fraction of sp³-hybridized carbons (Fsp3) is 0.667. The number of nitrogens with zero attached hydrogens (tertiary/aromatic N) is 3. The monoisotopic (exact) mass is 315 g/mol. The number of ether oxygens (including phenoxy) is 1. The summed E-state index contributed by atoms with van der Waals surface area (Å²) in [5.41, 5.74) is -3.53. The van der Waals surface area contributed by atoms with E-state index in [2.05, 4.69) is 0 Å². The van der Waals surface area contributed by atoms with Crippen molar-refractivity contribution in [2.24, 2.45) is 0 Å². The van der Waals surface area contributed by atoms with E-state index in [1.807, 2.05) is 0 Å². The first-order valence-corrected chi connectivity index (χ1v) is 6.74. The van der Waals surface area contributed by atoms with E-state index in [0.29, 0.717) is 0 Å². The Morgan fingerprint density at radius 1 is 1.55 bits per heavy atom. The van der Waals surface area contributed by atoms with Gasteiger partial charge in [0.2, 0.25) is 0 Å². The number of aromatic nitrogens is 2. The third-order valence-corrected chi connectivity index (χ3v) is 3.90. The highest BCUT2D eigenvalue weighted by Gasteiger charge is 2.47. The van der Waals surface area contributed by atoms with Crippen molar-refractivity contribution in [3.63, 3.8) is 0 Å². The summed E-state index contributed by atoms with van der Waals surface area (Å²) in [5.74, 6) is 0. The lowest BCUT2D eigenvalue weighted by molar-refractivity contribution is -0.549. The summed E-state index contributed by atoms with van der Waals surface area (Å²) in [4.78, 5) is 35.0. The quantitative estimate of drug-likeness (QED) is 0.513. The van der Waals surface area contributed by atoms with Crippen LogP contribution in [-0.2, 0) is 10.5 Å². The lowest BCUT2D eigenvalue weighted by atomic mass is 10.0. The Morgan fingerprint density at radius 2 is 2.18 bits per heavy atom. The zero-order chi connectivity index (χ0) is 16.7. The van der Waals surface area contributed by atoms with Gasteiger partial charge in [-0.25, -0.2) is 14.9 Å². The van der Waals surface area contributed by atoms with Crippen LogP contribution in [0.1, 0.15) is 25.3 Å². The standard InChI is InChI=1S/C12H17N3O7/c1-3-12(4-8(17)9(6-16)22-12)13-5-7(2)10(18)14(11(13)19)15(20)21/h5,8-9,16-17H,3-4,6H2,1-2H3/t8?,9-,12-/m1/s1. The molecule has 1 aliphatic heterocycles. The summed E-state index contributed by atoms with van der Waals surface area (Å²) < 4.78 is 6.44. The largest absolute Gasteiger partial charge is 0.394 e. The van der Waals surface area contributed by atoms with Crippen LogP contribution in [0, 0.1) is 17.0 Å². The summed E-state index contributed by atoms with van der Waals surface area (Å²) >= 11 is 0. The molecule has 1 aliphatic rings. The Hall–Kier alpha value is -2.04. The fourth-order valence-corrected chi connectivity index (χ4v) is 2.67. The molecular formula is C12H17N3O7. The molecule has 0 spiro atoms. The van der Waals surface area contributed by atoms with Gasteiger partial charge in [-0.1, -0.05) is 6.92 Å². The second-order valence-corrected chi connectivity index (χ2v) is 5.23. The maximum atomic E-state index is 12.3. The topological polar surface area (TPSA) is 137 Å². The van der Waals surface area contributed by atoms with Crippen LogP contribution in [0.5, 0.6) is 0 Å². The summed E-state index contributed by atoms with van der Waals surface area (Å²) in [7, 11) is 0. The van der Waals surface area contributed by atoms with Crippen molar-refractivity contribution in [3.8, 4) is 0 Å². The minimum absolute atomic E-state index is 0.00494. The van der Waals surface area contributed by atoms with E-state index in [0.717, 1.165) is 4.57 Å². The van der Waals surface area contributed by atoms with Crippen LogP contribution in [0.25, 0.3) is 0 Å². The molecule has 2 heterocycles. The SMILES string of the molecule is CC[C@]1(n2cc(C)c(=O)n([N+](=O)[O-])c2=O)CC(O)[C@@H](CO)O1. The minimum Gasteiger partial charge on any atom is -0.394 e. The molecule has 0 aliphatic carbocycles. The van der Waals surface area contributed by atoms with Crippen LogP contribution >= 0.6 is 0 Å². The summed E-state index contributed by atoms with van der Waals surface area (Å²) in [5, 5.41) is 29.0. The van der Waals surface area contributed by atoms with Crippen LogP contribution in [0.3, 0.4) is 0 Å². The van der Waals surface area contributed by atoms with E-state index >= 15 is 0 Å². The average Bonchev–Trinajstić information content (AvgIpc) is 2.80. The smallest absolute Gasteiger partial charge is 0.394 e. The van der Waals surface area contributed by atoms with Crippen LogP contribution in [-0.4, -0.2) is 43.3 Å². The average molecular weight is 315 g/mol. The Morgan fingerprint density at radius 3 is 2.64 bits per heavy atom. The van der Waals surface area contributed by atoms with Gasteiger partial charge < -0.3 is 14.9 Å². The molecule has 0 radical (unpaired) electrons. The van der Waals surface area contributed by atoms with E-state index in [1.54, 1.807) is 6.92 Å². The second kappa shape index (κ2) is 5.63.